The molecular weight excluding hydrogens is 240 g/mol. The monoisotopic (exact) mass is 262 g/mol. The molecule has 0 aliphatic heterocycles. The molecule has 19 heavy (non-hydrogen) atoms. The van der Waals surface area contributed by atoms with Crippen molar-refractivity contribution in [2.45, 2.75) is 46.1 Å². The van der Waals surface area contributed by atoms with E-state index in [9.17, 15) is 4.79 Å². The summed E-state index contributed by atoms with van der Waals surface area (Å²) in [7, 11) is 0. The fraction of sp³-hybridized carbons (Fsp3) is 0.600. The number of rotatable bonds is 3. The number of pyridine rings is 1. The van der Waals surface area contributed by atoms with E-state index in [1.165, 1.54) is 12.8 Å². The molecule has 1 aliphatic rings. The van der Waals surface area contributed by atoms with Gasteiger partial charge in [0, 0.05) is 6.04 Å². The summed E-state index contributed by atoms with van der Waals surface area (Å²) in [5.41, 5.74) is 0.838. The average molecular weight is 262 g/mol. The highest BCUT2D eigenvalue weighted by Crippen LogP contribution is 2.30. The van der Waals surface area contributed by atoms with Gasteiger partial charge in [0.1, 0.15) is 5.82 Å². The minimum Gasteiger partial charge on any atom is -0.478 e. The molecule has 1 aromatic rings. The molecule has 0 saturated heterocycles. The lowest BCUT2D eigenvalue weighted by Gasteiger charge is -2.33. The summed E-state index contributed by atoms with van der Waals surface area (Å²) in [6, 6.07) is 3.84. The van der Waals surface area contributed by atoms with E-state index < -0.39 is 5.97 Å². The molecule has 0 spiro atoms. The third-order valence-corrected chi connectivity index (χ3v) is 4.08. The Morgan fingerprint density at radius 2 is 2.11 bits per heavy atom. The van der Waals surface area contributed by atoms with Crippen molar-refractivity contribution >= 4 is 11.8 Å². The van der Waals surface area contributed by atoms with Crippen LogP contribution in [0.25, 0.3) is 0 Å². The molecular formula is C15H22N2O2. The second-order valence-electron chi connectivity index (χ2n) is 5.78. The van der Waals surface area contributed by atoms with Crippen LogP contribution in [0, 0.1) is 18.8 Å². The Balaban J connectivity index is 2.07. The Kier molecular flexibility index (Phi) is 4.08. The van der Waals surface area contributed by atoms with Crippen LogP contribution in [0.3, 0.4) is 0 Å². The third-order valence-electron chi connectivity index (χ3n) is 4.08. The lowest BCUT2D eigenvalue weighted by Crippen LogP contribution is -2.33. The summed E-state index contributed by atoms with van der Waals surface area (Å²) in [6.45, 7) is 6.31. The van der Waals surface area contributed by atoms with Gasteiger partial charge in [0.15, 0.2) is 0 Å². The topological polar surface area (TPSA) is 62.2 Å². The predicted octanol–water partition coefficient (Wildman–Crippen LogP) is 3.32. The van der Waals surface area contributed by atoms with E-state index in [2.05, 4.69) is 24.1 Å². The molecule has 0 bridgehead atoms. The molecule has 2 N–H and O–H groups in total. The van der Waals surface area contributed by atoms with E-state index in [1.54, 1.807) is 19.1 Å². The van der Waals surface area contributed by atoms with Crippen LogP contribution in [0.2, 0.25) is 0 Å². The highest BCUT2D eigenvalue weighted by Gasteiger charge is 2.25. The molecule has 2 rings (SSSR count). The van der Waals surface area contributed by atoms with E-state index in [0.717, 1.165) is 18.2 Å². The van der Waals surface area contributed by atoms with Crippen molar-refractivity contribution in [3.8, 4) is 0 Å². The summed E-state index contributed by atoms with van der Waals surface area (Å²) >= 11 is 0. The molecule has 1 aromatic heterocycles. The van der Waals surface area contributed by atoms with E-state index in [0.29, 0.717) is 17.7 Å². The predicted molar refractivity (Wildman–Crippen MR) is 75.5 cm³/mol. The number of carboxylic acids is 1. The molecule has 3 unspecified atom stereocenters. The summed E-state index contributed by atoms with van der Waals surface area (Å²) < 4.78 is 0. The molecule has 4 nitrogen and oxygen atoms in total. The second-order valence-corrected chi connectivity index (χ2v) is 5.78. The van der Waals surface area contributed by atoms with E-state index in [1.807, 2.05) is 0 Å². The number of aromatic nitrogens is 1. The van der Waals surface area contributed by atoms with E-state index in [-0.39, 0.29) is 5.56 Å². The van der Waals surface area contributed by atoms with Crippen LogP contribution in [0.1, 0.15) is 49.2 Å². The van der Waals surface area contributed by atoms with Crippen LogP contribution < -0.4 is 5.32 Å². The largest absolute Gasteiger partial charge is 0.478 e. The first-order valence-electron chi connectivity index (χ1n) is 6.95. The lowest BCUT2D eigenvalue weighted by atomic mass is 9.80. The standard InChI is InChI=1S/C15H22N2O2/c1-9-4-6-13(10(2)8-9)17-14-7-5-12(15(18)19)11(3)16-14/h5,7,9-10,13H,4,6,8H2,1-3H3,(H,16,17)(H,18,19). The first kappa shape index (κ1) is 13.8. The number of nitrogens with zero attached hydrogens (tertiary/aromatic N) is 1. The minimum atomic E-state index is -0.920. The number of carbonyl (C=O) groups is 1. The van der Waals surface area contributed by atoms with Crippen molar-refractivity contribution in [1.29, 1.82) is 0 Å². The summed E-state index contributed by atoms with van der Waals surface area (Å²) in [6.07, 6.45) is 3.64. The zero-order valence-corrected chi connectivity index (χ0v) is 11.8. The van der Waals surface area contributed by atoms with E-state index in [4.69, 9.17) is 5.11 Å². The molecule has 0 radical (unpaired) electrons. The zero-order valence-electron chi connectivity index (χ0n) is 11.8. The smallest absolute Gasteiger partial charge is 0.337 e. The quantitative estimate of drug-likeness (QED) is 0.877. The maximum Gasteiger partial charge on any atom is 0.337 e. The van der Waals surface area contributed by atoms with Gasteiger partial charge in [0.05, 0.1) is 11.3 Å². The van der Waals surface area contributed by atoms with Gasteiger partial charge in [0.2, 0.25) is 0 Å². The van der Waals surface area contributed by atoms with Crippen LogP contribution in [0.15, 0.2) is 12.1 Å². The number of aromatic carboxylic acids is 1. The van der Waals surface area contributed by atoms with Gasteiger partial charge in [-0.15, -0.1) is 0 Å². The van der Waals surface area contributed by atoms with Crippen LogP contribution in [0.4, 0.5) is 5.82 Å². The fourth-order valence-electron chi connectivity index (χ4n) is 2.94. The number of carboxylic acid groups (broad SMARTS) is 1. The maximum absolute atomic E-state index is 11.0. The highest BCUT2D eigenvalue weighted by molar-refractivity contribution is 5.89. The van der Waals surface area contributed by atoms with Gasteiger partial charge in [-0.3, -0.25) is 0 Å². The van der Waals surface area contributed by atoms with Gasteiger partial charge >= 0.3 is 5.97 Å². The first-order valence-corrected chi connectivity index (χ1v) is 6.95. The lowest BCUT2D eigenvalue weighted by molar-refractivity contribution is 0.0695. The van der Waals surface area contributed by atoms with Crippen LogP contribution >= 0.6 is 0 Å². The maximum atomic E-state index is 11.0. The molecule has 1 saturated carbocycles. The molecule has 4 heteroatoms. The summed E-state index contributed by atoms with van der Waals surface area (Å²) in [5, 5.41) is 12.4. The Labute approximate surface area is 114 Å². The zero-order chi connectivity index (χ0) is 14.0. The van der Waals surface area contributed by atoms with Crippen molar-refractivity contribution in [2.24, 2.45) is 11.8 Å². The van der Waals surface area contributed by atoms with Gasteiger partial charge in [-0.05, 0) is 50.2 Å². The normalized spacial score (nSPS) is 27.0. The van der Waals surface area contributed by atoms with Gasteiger partial charge in [0.25, 0.3) is 0 Å². The Morgan fingerprint density at radius 1 is 1.37 bits per heavy atom. The second kappa shape index (κ2) is 5.59. The Hall–Kier alpha value is -1.58. The molecule has 0 amide bonds. The van der Waals surface area contributed by atoms with Crippen molar-refractivity contribution in [1.82, 2.24) is 4.98 Å². The molecule has 1 fully saturated rings. The van der Waals surface area contributed by atoms with Crippen molar-refractivity contribution in [3.05, 3.63) is 23.4 Å². The molecule has 104 valence electrons. The fourth-order valence-corrected chi connectivity index (χ4v) is 2.94. The van der Waals surface area contributed by atoms with Crippen molar-refractivity contribution in [2.75, 3.05) is 5.32 Å². The van der Waals surface area contributed by atoms with Crippen molar-refractivity contribution < 1.29 is 9.90 Å². The first-order chi connectivity index (χ1) is 8.97. The number of nitrogens with one attached hydrogen (secondary N) is 1. The van der Waals surface area contributed by atoms with Gasteiger partial charge in [-0.1, -0.05) is 13.8 Å². The minimum absolute atomic E-state index is 0.274. The van der Waals surface area contributed by atoms with E-state index >= 15 is 0 Å². The third kappa shape index (κ3) is 3.25. The number of aryl methyl sites for hydroxylation is 1. The number of anilines is 1. The van der Waals surface area contributed by atoms with Gasteiger partial charge in [-0.2, -0.15) is 0 Å². The summed E-state index contributed by atoms with van der Waals surface area (Å²) in [5.74, 6) is 1.30. The van der Waals surface area contributed by atoms with Crippen molar-refractivity contribution in [3.63, 3.8) is 0 Å². The van der Waals surface area contributed by atoms with Crippen LogP contribution in [-0.2, 0) is 0 Å². The van der Waals surface area contributed by atoms with Gasteiger partial charge < -0.3 is 10.4 Å². The van der Waals surface area contributed by atoms with Crippen LogP contribution in [0.5, 0.6) is 0 Å². The highest BCUT2D eigenvalue weighted by atomic mass is 16.4. The Morgan fingerprint density at radius 3 is 2.68 bits per heavy atom. The number of hydrogen-bond donors (Lipinski definition) is 2. The van der Waals surface area contributed by atoms with Crippen LogP contribution in [-0.4, -0.2) is 22.1 Å². The molecule has 1 heterocycles. The molecule has 0 aromatic carbocycles. The van der Waals surface area contributed by atoms with Gasteiger partial charge in [-0.25, -0.2) is 9.78 Å². The number of hydrogen-bond acceptors (Lipinski definition) is 3. The average Bonchev–Trinajstić information content (AvgIpc) is 2.32. The SMILES string of the molecule is Cc1nc(NC2CCC(C)CC2C)ccc1C(=O)O. The molecule has 3 atom stereocenters. The molecule has 1 aliphatic carbocycles. The summed E-state index contributed by atoms with van der Waals surface area (Å²) in [4.78, 5) is 15.3. The Bertz CT molecular complexity index is 473.